The maximum absolute atomic E-state index is 14.2. The SMILES string of the molecule is CC[C@H](C)[C@H](NC(=O)[C@@H]1CCCN1C(=O)[C@H](CC(N)=O)NC(=O)[C@@H]1C[C@@H](O)CN1C(=O)CNC(=O)[C@H](CO)NC(=O)[C@@H]1C[C@@H](O)CN1C(=O)[C@@H](NC(=O)[C@H](CCC(=O)O)NC(=O)[C@@H](N)Cc1cnc[nH]1)C(C)C)C(=O)N[C@@H](CO)C(=O)N[C@@H](CC(N)=O)C(=O)O. The molecule has 4 heterocycles. The lowest BCUT2D eigenvalue weighted by Crippen LogP contribution is -2.61. The molecule has 3 saturated heterocycles. The van der Waals surface area contributed by atoms with E-state index in [4.69, 9.17) is 17.2 Å². The fraction of sp³-hybridized carbons (Fsp3) is 0.660. The maximum Gasteiger partial charge on any atom is 0.326 e. The number of nitrogens with two attached hydrogens (primary N) is 3. The highest BCUT2D eigenvalue weighted by Crippen LogP contribution is 2.24. The number of aliphatic hydroxyl groups is 4. The van der Waals surface area contributed by atoms with E-state index < -0.39 is 244 Å². The Morgan fingerprint density at radius 1 is 0.633 bits per heavy atom. The van der Waals surface area contributed by atoms with Crippen molar-refractivity contribution in [2.45, 2.75) is 171 Å². The standard InChI is InChI=1S/C53H82N16O21/c1-5-24(4)42(50(86)64-33(21-71)46(82)62-31(53(89)90)15-38(56)75)66-47(83)34-7-6-10-67(34)51(87)30(14-37(55)74)61-48(84)35-12-26(72)18-68(35)39(76)17-58-44(80)32(20-70)63-49(85)36-13-27(73)19-69(36)52(88)41(23(2)3)65-45(81)29(8-9-40(77)78)60-43(79)28(54)11-25-16-57-22-59-25/h16,22-24,26-36,41-42,70-73H,5-15,17-21,54H2,1-4H3,(H2,55,74)(H2,56,75)(H,57,59)(H,58,80)(H,60,79)(H,61,84)(H,62,82)(H,63,85)(H,64,86)(H,65,81)(H,66,83)(H,77,78)(H,89,90)/t24-,26+,27+,28-,29-,30-,31-,32-,33-,34-,35-,36-,41-,42-/m0/s1. The number of amides is 13. The van der Waals surface area contributed by atoms with Crippen molar-refractivity contribution in [3.63, 3.8) is 0 Å². The summed E-state index contributed by atoms with van der Waals surface area (Å²) < 4.78 is 0. The Morgan fingerprint density at radius 2 is 1.17 bits per heavy atom. The van der Waals surface area contributed by atoms with Gasteiger partial charge < -0.3 is 110 Å². The smallest absolute Gasteiger partial charge is 0.326 e. The number of carbonyl (C=O) groups excluding carboxylic acids is 13. The zero-order chi connectivity index (χ0) is 67.4. The van der Waals surface area contributed by atoms with Crippen molar-refractivity contribution in [1.82, 2.24) is 67.2 Å². The zero-order valence-electron chi connectivity index (χ0n) is 50.0. The minimum Gasteiger partial charge on any atom is -0.481 e. The van der Waals surface area contributed by atoms with E-state index in [2.05, 4.69) is 47.2 Å². The Morgan fingerprint density at radius 3 is 1.71 bits per heavy atom. The quantitative estimate of drug-likeness (QED) is 0.0305. The number of likely N-dealkylation sites (tertiary alicyclic amines) is 3. The van der Waals surface area contributed by atoms with Gasteiger partial charge in [0.2, 0.25) is 76.8 Å². The van der Waals surface area contributed by atoms with Crippen molar-refractivity contribution in [3.05, 3.63) is 18.2 Å². The van der Waals surface area contributed by atoms with E-state index in [-0.39, 0.29) is 38.6 Å². The zero-order valence-corrected chi connectivity index (χ0v) is 50.0. The predicted molar refractivity (Wildman–Crippen MR) is 304 cm³/mol. The summed E-state index contributed by atoms with van der Waals surface area (Å²) in [7, 11) is 0. The molecule has 0 saturated carbocycles. The average molecular weight is 1280 g/mol. The lowest BCUT2D eigenvalue weighted by molar-refractivity contribution is -0.145. The van der Waals surface area contributed by atoms with Crippen molar-refractivity contribution in [1.29, 1.82) is 0 Å². The second-order valence-electron chi connectivity index (χ2n) is 22.5. The van der Waals surface area contributed by atoms with Gasteiger partial charge >= 0.3 is 11.9 Å². The molecule has 0 aromatic carbocycles. The number of nitrogens with one attached hydrogen (secondary N) is 9. The van der Waals surface area contributed by atoms with Crippen LogP contribution in [-0.4, -0.2) is 262 Å². The molecule has 3 aliphatic heterocycles. The number of carboxylic acid groups (broad SMARTS) is 2. The molecule has 4 rings (SSSR count). The van der Waals surface area contributed by atoms with Gasteiger partial charge in [0, 0.05) is 57.2 Å². The number of imidazole rings is 1. The van der Waals surface area contributed by atoms with Gasteiger partial charge in [-0.25, -0.2) is 9.78 Å². The lowest BCUT2D eigenvalue weighted by atomic mass is 9.97. The summed E-state index contributed by atoms with van der Waals surface area (Å²) in [6, 6.07) is -17.2. The highest BCUT2D eigenvalue weighted by Gasteiger charge is 2.46. The molecule has 0 unspecified atom stereocenters. The van der Waals surface area contributed by atoms with Crippen LogP contribution in [0.4, 0.5) is 0 Å². The highest BCUT2D eigenvalue weighted by atomic mass is 16.4. The van der Waals surface area contributed by atoms with Crippen LogP contribution in [0.1, 0.15) is 91.2 Å². The summed E-state index contributed by atoms with van der Waals surface area (Å²) >= 11 is 0. The van der Waals surface area contributed by atoms with Crippen molar-refractivity contribution in [3.8, 4) is 0 Å². The van der Waals surface area contributed by atoms with Crippen LogP contribution in [0.2, 0.25) is 0 Å². The molecule has 13 amide bonds. The summed E-state index contributed by atoms with van der Waals surface area (Å²) in [5.74, 6) is -17.6. The van der Waals surface area contributed by atoms with E-state index in [1.807, 2.05) is 5.32 Å². The first-order valence-corrected chi connectivity index (χ1v) is 28.9. The summed E-state index contributed by atoms with van der Waals surface area (Å²) in [4.78, 5) is 207. The molecule has 3 aliphatic rings. The van der Waals surface area contributed by atoms with Crippen LogP contribution in [0.5, 0.6) is 0 Å². The number of aliphatic hydroxyl groups excluding tert-OH is 4. The van der Waals surface area contributed by atoms with Gasteiger partial charge in [0.15, 0.2) is 0 Å². The first kappa shape index (κ1) is 73.5. The normalized spacial score (nSPS) is 21.0. The van der Waals surface area contributed by atoms with Crippen molar-refractivity contribution < 1.29 is 103 Å². The average Bonchev–Trinajstić information content (AvgIpc) is 1.78. The number of carboxylic acids is 2. The van der Waals surface area contributed by atoms with E-state index in [9.17, 15) is 103 Å². The Kier molecular flexibility index (Phi) is 27.9. The van der Waals surface area contributed by atoms with E-state index >= 15 is 0 Å². The van der Waals surface area contributed by atoms with E-state index in [1.165, 1.54) is 26.4 Å². The van der Waals surface area contributed by atoms with Crippen molar-refractivity contribution in [2.75, 3.05) is 39.4 Å². The number of aromatic amines is 1. The molecule has 37 nitrogen and oxygen atoms in total. The number of rotatable bonds is 34. The second-order valence-corrected chi connectivity index (χ2v) is 22.5. The number of nitrogens with zero attached hydrogens (tertiary/aromatic N) is 4. The fourth-order valence-corrected chi connectivity index (χ4v) is 10.2. The summed E-state index contributed by atoms with van der Waals surface area (Å²) in [6.45, 7) is 2.16. The molecule has 0 spiro atoms. The fourth-order valence-electron chi connectivity index (χ4n) is 10.2. The van der Waals surface area contributed by atoms with Crippen LogP contribution < -0.4 is 59.7 Å². The first-order chi connectivity index (χ1) is 42.3. The van der Waals surface area contributed by atoms with Gasteiger partial charge in [-0.15, -0.1) is 0 Å². The van der Waals surface area contributed by atoms with Crippen LogP contribution in [-0.2, 0) is 78.3 Å². The monoisotopic (exact) mass is 1280 g/mol. The van der Waals surface area contributed by atoms with E-state index in [1.54, 1.807) is 13.8 Å². The summed E-state index contributed by atoms with van der Waals surface area (Å²) in [6.07, 6.45) is -2.91. The summed E-state index contributed by atoms with van der Waals surface area (Å²) in [5.41, 5.74) is 17.1. The van der Waals surface area contributed by atoms with Crippen LogP contribution in [0.3, 0.4) is 0 Å². The lowest BCUT2D eigenvalue weighted by Gasteiger charge is -2.32. The van der Waals surface area contributed by atoms with Gasteiger partial charge in [-0.1, -0.05) is 34.1 Å². The van der Waals surface area contributed by atoms with E-state index in [0.717, 1.165) is 14.7 Å². The Bertz CT molecular complexity index is 2810. The number of β-amino-alcohol motifs (C(OH)–C–C–N with tert-alkyl or cyclic N) is 2. The predicted octanol–water partition coefficient (Wildman–Crippen LogP) is -9.91. The third-order valence-corrected chi connectivity index (χ3v) is 15.3. The van der Waals surface area contributed by atoms with Gasteiger partial charge in [0.25, 0.3) is 0 Å². The second kappa shape index (κ2) is 34.1. The Hall–Kier alpha value is -8.94. The molecule has 1 aromatic heterocycles. The third-order valence-electron chi connectivity index (χ3n) is 15.3. The molecule has 37 heteroatoms. The van der Waals surface area contributed by atoms with Crippen LogP contribution in [0.15, 0.2) is 12.5 Å². The van der Waals surface area contributed by atoms with Crippen LogP contribution >= 0.6 is 0 Å². The van der Waals surface area contributed by atoms with Crippen molar-refractivity contribution >= 4 is 88.7 Å². The number of primary amides is 2. The topological polar surface area (TPSA) is 590 Å². The molecule has 500 valence electrons. The molecular formula is C53H82N16O21. The maximum atomic E-state index is 14.2. The molecular weight excluding hydrogens is 1200 g/mol. The van der Waals surface area contributed by atoms with Gasteiger partial charge in [-0.05, 0) is 31.1 Å². The molecule has 0 aliphatic carbocycles. The molecule has 1 aromatic rings. The van der Waals surface area contributed by atoms with Gasteiger partial charge in [-0.2, -0.15) is 0 Å². The minimum atomic E-state index is -1.81. The number of aromatic nitrogens is 2. The third kappa shape index (κ3) is 20.8. The van der Waals surface area contributed by atoms with E-state index in [0.29, 0.717) is 5.69 Å². The molecule has 14 atom stereocenters. The van der Waals surface area contributed by atoms with Crippen molar-refractivity contribution in [2.24, 2.45) is 29.0 Å². The number of hydrogen-bond donors (Lipinski definition) is 18. The number of hydrogen-bond acceptors (Lipinski definition) is 21. The number of aliphatic carboxylic acids is 2. The molecule has 21 N–H and O–H groups in total. The van der Waals surface area contributed by atoms with Gasteiger partial charge in [-0.3, -0.25) is 67.1 Å². The Balaban J connectivity index is 1.40. The molecule has 3 fully saturated rings. The molecule has 90 heavy (non-hydrogen) atoms. The molecule has 0 radical (unpaired) electrons. The van der Waals surface area contributed by atoms with Crippen LogP contribution in [0.25, 0.3) is 0 Å². The summed E-state index contributed by atoms with van der Waals surface area (Å²) in [5, 5.41) is 78.8. The largest absolute Gasteiger partial charge is 0.481 e. The van der Waals surface area contributed by atoms with Gasteiger partial charge in [0.1, 0.15) is 60.4 Å². The Labute approximate surface area is 514 Å². The number of H-pyrrole nitrogens is 1. The van der Waals surface area contributed by atoms with Crippen LogP contribution in [0, 0.1) is 11.8 Å². The highest BCUT2D eigenvalue weighted by molar-refractivity contribution is 6.00. The minimum absolute atomic E-state index is 0.00337. The first-order valence-electron chi connectivity index (χ1n) is 28.9. The molecule has 0 bridgehead atoms. The number of carbonyl (C=O) groups is 15. The van der Waals surface area contributed by atoms with Gasteiger partial charge in [0.05, 0.1) is 57.2 Å².